The van der Waals surface area contributed by atoms with E-state index in [1.807, 2.05) is 25.3 Å². The van der Waals surface area contributed by atoms with Crippen molar-refractivity contribution in [2.24, 2.45) is 5.41 Å². The smallest absolute Gasteiger partial charge is 0.343 e. The number of H-pyrrole nitrogens is 1. The highest BCUT2D eigenvalue weighted by Gasteiger charge is 2.35. The van der Waals surface area contributed by atoms with Crippen molar-refractivity contribution in [2.75, 3.05) is 7.11 Å². The minimum atomic E-state index is -0.689. The van der Waals surface area contributed by atoms with Crippen molar-refractivity contribution in [3.63, 3.8) is 0 Å². The zero-order chi connectivity index (χ0) is 17.8. The van der Waals surface area contributed by atoms with Gasteiger partial charge in [-0.2, -0.15) is 0 Å². The standard InChI is InChI=1S/C16H18ClN3O4/c1-16(2,3)11-7-20-13(12(17)14(22)18-20)9-5-10(21)8(6-19(9)11)15(23)24-4/h5-6,11H,7H2,1-4H3,(H,18,22)/t11-/m0/s1. The topological polar surface area (TPSA) is 86.1 Å². The summed E-state index contributed by atoms with van der Waals surface area (Å²) in [7, 11) is 1.23. The van der Waals surface area contributed by atoms with Crippen LogP contribution < -0.4 is 11.0 Å². The maximum Gasteiger partial charge on any atom is 0.343 e. The quantitative estimate of drug-likeness (QED) is 0.797. The van der Waals surface area contributed by atoms with Gasteiger partial charge in [-0.25, -0.2) is 4.79 Å². The Morgan fingerprint density at radius 2 is 2.04 bits per heavy atom. The first-order valence-corrected chi connectivity index (χ1v) is 7.86. The summed E-state index contributed by atoms with van der Waals surface area (Å²) in [5.74, 6) is -0.689. The van der Waals surface area contributed by atoms with Gasteiger partial charge in [0.05, 0.1) is 25.4 Å². The number of ether oxygens (including phenoxy) is 1. The summed E-state index contributed by atoms with van der Waals surface area (Å²) >= 11 is 6.13. The van der Waals surface area contributed by atoms with Gasteiger partial charge in [-0.15, -0.1) is 0 Å². The number of methoxy groups -OCH3 is 1. The number of rotatable bonds is 1. The number of esters is 1. The predicted octanol–water partition coefficient (Wildman–Crippen LogP) is 2.05. The van der Waals surface area contributed by atoms with E-state index < -0.39 is 17.0 Å². The van der Waals surface area contributed by atoms with Gasteiger partial charge >= 0.3 is 5.97 Å². The van der Waals surface area contributed by atoms with Crippen LogP contribution in [0.3, 0.4) is 0 Å². The number of nitrogens with zero attached hydrogens (tertiary/aromatic N) is 2. The molecule has 3 rings (SSSR count). The van der Waals surface area contributed by atoms with Gasteiger partial charge in [0.2, 0.25) is 0 Å². The number of carbonyl (C=O) groups excluding carboxylic acids is 1. The molecule has 0 fully saturated rings. The maximum absolute atomic E-state index is 12.3. The summed E-state index contributed by atoms with van der Waals surface area (Å²) in [5, 5.41) is 2.73. The summed E-state index contributed by atoms with van der Waals surface area (Å²) in [5.41, 5.74) is -0.158. The summed E-state index contributed by atoms with van der Waals surface area (Å²) in [6, 6.07) is 1.23. The van der Waals surface area contributed by atoms with Gasteiger partial charge in [-0.05, 0) is 5.41 Å². The third kappa shape index (κ3) is 2.39. The molecule has 2 aromatic heterocycles. The predicted molar refractivity (Wildman–Crippen MR) is 89.6 cm³/mol. The summed E-state index contributed by atoms with van der Waals surface area (Å²) in [6.07, 6.45) is 1.50. The first-order valence-electron chi connectivity index (χ1n) is 7.48. The fourth-order valence-corrected chi connectivity index (χ4v) is 3.29. The Morgan fingerprint density at radius 3 is 2.62 bits per heavy atom. The molecule has 0 amide bonds. The second kappa shape index (κ2) is 5.37. The molecule has 8 heteroatoms. The molecular weight excluding hydrogens is 334 g/mol. The second-order valence-corrected chi connectivity index (χ2v) is 7.31. The van der Waals surface area contributed by atoms with Gasteiger partial charge < -0.3 is 9.30 Å². The van der Waals surface area contributed by atoms with Crippen molar-refractivity contribution in [3.8, 4) is 11.4 Å². The lowest BCUT2D eigenvalue weighted by atomic mass is 9.85. The monoisotopic (exact) mass is 351 g/mol. The largest absolute Gasteiger partial charge is 0.465 e. The Bertz CT molecular complexity index is 946. The third-order valence-corrected chi connectivity index (χ3v) is 4.68. The first kappa shape index (κ1) is 16.6. The fraction of sp³-hybridized carbons (Fsp3) is 0.438. The minimum Gasteiger partial charge on any atom is -0.465 e. The lowest BCUT2D eigenvalue weighted by Crippen LogP contribution is -2.35. The molecule has 2 aromatic rings. The van der Waals surface area contributed by atoms with Gasteiger partial charge in [0.25, 0.3) is 5.56 Å². The minimum absolute atomic E-state index is 0.0290. The molecule has 1 atom stereocenters. The van der Waals surface area contributed by atoms with Crippen LogP contribution in [0.2, 0.25) is 5.02 Å². The van der Waals surface area contributed by atoms with Crippen LogP contribution in [-0.2, 0) is 11.3 Å². The molecule has 0 saturated heterocycles. The van der Waals surface area contributed by atoms with Gasteiger partial charge in [-0.3, -0.25) is 19.4 Å². The van der Waals surface area contributed by atoms with Crippen molar-refractivity contribution >= 4 is 17.6 Å². The molecular formula is C16H18ClN3O4. The molecule has 0 radical (unpaired) electrons. The van der Waals surface area contributed by atoms with Crippen LogP contribution >= 0.6 is 11.6 Å². The van der Waals surface area contributed by atoms with E-state index in [1.165, 1.54) is 19.4 Å². The van der Waals surface area contributed by atoms with Crippen molar-refractivity contribution in [1.29, 1.82) is 0 Å². The molecule has 0 spiro atoms. The molecule has 1 N–H and O–H groups in total. The molecule has 3 heterocycles. The highest BCUT2D eigenvalue weighted by Crippen LogP contribution is 2.40. The summed E-state index contributed by atoms with van der Waals surface area (Å²) in [6.45, 7) is 6.61. The Balaban J connectivity index is 2.36. The highest BCUT2D eigenvalue weighted by molar-refractivity contribution is 6.32. The number of aromatic amines is 1. The van der Waals surface area contributed by atoms with E-state index in [0.717, 1.165) is 0 Å². The van der Waals surface area contributed by atoms with Crippen molar-refractivity contribution in [3.05, 3.63) is 43.4 Å². The number of fused-ring (bicyclic) bond motifs is 3. The molecule has 0 saturated carbocycles. The Labute approximate surface area is 142 Å². The molecule has 24 heavy (non-hydrogen) atoms. The van der Waals surface area contributed by atoms with Crippen LogP contribution in [0.25, 0.3) is 11.4 Å². The van der Waals surface area contributed by atoms with Crippen LogP contribution in [0.15, 0.2) is 21.9 Å². The molecule has 7 nitrogen and oxygen atoms in total. The summed E-state index contributed by atoms with van der Waals surface area (Å²) in [4.78, 5) is 36.1. The van der Waals surface area contributed by atoms with E-state index in [-0.39, 0.29) is 22.0 Å². The number of carbonyl (C=O) groups is 1. The van der Waals surface area contributed by atoms with Crippen molar-refractivity contribution in [2.45, 2.75) is 33.4 Å². The molecule has 0 unspecified atom stereocenters. The van der Waals surface area contributed by atoms with E-state index in [9.17, 15) is 14.4 Å². The molecule has 0 aliphatic carbocycles. The number of pyridine rings is 1. The second-order valence-electron chi connectivity index (χ2n) is 6.93. The van der Waals surface area contributed by atoms with Crippen LogP contribution in [0, 0.1) is 5.41 Å². The maximum atomic E-state index is 12.3. The van der Waals surface area contributed by atoms with Gasteiger partial charge in [0.1, 0.15) is 16.3 Å². The average molecular weight is 352 g/mol. The number of hydrogen-bond donors (Lipinski definition) is 1. The normalized spacial score (nSPS) is 16.5. The molecule has 0 aromatic carbocycles. The number of hydrogen-bond acceptors (Lipinski definition) is 4. The van der Waals surface area contributed by atoms with Crippen LogP contribution in [0.4, 0.5) is 0 Å². The number of nitrogens with one attached hydrogen (secondary N) is 1. The van der Waals surface area contributed by atoms with Crippen molar-refractivity contribution in [1.82, 2.24) is 14.3 Å². The van der Waals surface area contributed by atoms with E-state index in [0.29, 0.717) is 17.9 Å². The number of halogens is 1. The van der Waals surface area contributed by atoms with Gasteiger partial charge in [-0.1, -0.05) is 32.4 Å². The zero-order valence-corrected chi connectivity index (χ0v) is 14.6. The van der Waals surface area contributed by atoms with Crippen LogP contribution in [-0.4, -0.2) is 27.4 Å². The van der Waals surface area contributed by atoms with Crippen LogP contribution in [0.5, 0.6) is 0 Å². The zero-order valence-electron chi connectivity index (χ0n) is 13.8. The molecule has 1 aliphatic rings. The Kier molecular flexibility index (Phi) is 3.71. The lowest BCUT2D eigenvalue weighted by molar-refractivity contribution is 0.0597. The first-order chi connectivity index (χ1) is 11.1. The fourth-order valence-electron chi connectivity index (χ4n) is 3.05. The van der Waals surface area contributed by atoms with E-state index >= 15 is 0 Å². The van der Waals surface area contributed by atoms with Crippen LogP contribution in [0.1, 0.15) is 37.2 Å². The van der Waals surface area contributed by atoms with Gasteiger partial charge in [0, 0.05) is 12.3 Å². The highest BCUT2D eigenvalue weighted by atomic mass is 35.5. The average Bonchev–Trinajstić information content (AvgIpc) is 2.79. The van der Waals surface area contributed by atoms with E-state index in [2.05, 4.69) is 9.84 Å². The molecule has 128 valence electrons. The molecule has 1 aliphatic heterocycles. The van der Waals surface area contributed by atoms with E-state index in [4.69, 9.17) is 11.6 Å². The Hall–Kier alpha value is -2.28. The SMILES string of the molecule is COC(=O)c1cn2c(cc1=O)-c1c(Cl)c(=O)[nH]n1C[C@H]2C(C)(C)C. The number of aromatic nitrogens is 3. The van der Waals surface area contributed by atoms with Crippen molar-refractivity contribution < 1.29 is 9.53 Å². The lowest BCUT2D eigenvalue weighted by Gasteiger charge is -2.38. The van der Waals surface area contributed by atoms with Gasteiger partial charge in [0.15, 0.2) is 5.43 Å². The van der Waals surface area contributed by atoms with E-state index in [1.54, 1.807) is 4.68 Å². The Morgan fingerprint density at radius 1 is 1.38 bits per heavy atom. The third-order valence-electron chi connectivity index (χ3n) is 4.33. The molecule has 0 bridgehead atoms. The summed E-state index contributed by atoms with van der Waals surface area (Å²) < 4.78 is 8.18.